The minimum atomic E-state index is 0.306. The minimum Gasteiger partial charge on any atom is -0.507 e. The molecule has 0 saturated heterocycles. The second-order valence-corrected chi connectivity index (χ2v) is 4.33. The van der Waals surface area contributed by atoms with Crippen molar-refractivity contribution in [3.05, 3.63) is 47.5 Å². The van der Waals surface area contributed by atoms with Crippen LogP contribution in [0.3, 0.4) is 0 Å². The first-order chi connectivity index (χ1) is 9.10. The van der Waals surface area contributed by atoms with E-state index in [1.54, 1.807) is 19.2 Å². The molecule has 0 unspecified atom stereocenters. The molecule has 98 valence electrons. The predicted molar refractivity (Wildman–Crippen MR) is 74.8 cm³/mol. The van der Waals surface area contributed by atoms with Crippen LogP contribution >= 0.6 is 0 Å². The van der Waals surface area contributed by atoms with Gasteiger partial charge in [0.2, 0.25) is 0 Å². The fourth-order valence-corrected chi connectivity index (χ4v) is 1.78. The first kappa shape index (κ1) is 13.1. The summed E-state index contributed by atoms with van der Waals surface area (Å²) < 4.78 is 5.13. The molecular weight excluding hydrogens is 240 g/mol. The van der Waals surface area contributed by atoms with E-state index in [1.165, 1.54) is 0 Å². The number of benzene rings is 2. The molecule has 2 rings (SSSR count). The fourth-order valence-electron chi connectivity index (χ4n) is 1.78. The molecule has 4 heteroatoms. The van der Waals surface area contributed by atoms with E-state index in [1.807, 2.05) is 38.1 Å². The summed E-state index contributed by atoms with van der Waals surface area (Å²) in [5.74, 6) is 1.05. The summed E-state index contributed by atoms with van der Waals surface area (Å²) in [6, 6.07) is 11.0. The van der Waals surface area contributed by atoms with Gasteiger partial charge < -0.3 is 9.84 Å². The standard InChI is InChI=1S/C15H16N2O2/c1-10-7-13(8-11(2)15(10)18)17-16-12-5-4-6-14(9-12)19-3/h4-9,18H,1-3H3. The van der Waals surface area contributed by atoms with Crippen molar-refractivity contribution < 1.29 is 9.84 Å². The van der Waals surface area contributed by atoms with E-state index < -0.39 is 0 Å². The zero-order valence-corrected chi connectivity index (χ0v) is 11.2. The number of hydrogen-bond acceptors (Lipinski definition) is 4. The average Bonchev–Trinajstić information content (AvgIpc) is 2.42. The van der Waals surface area contributed by atoms with Crippen LogP contribution in [0, 0.1) is 13.8 Å². The minimum absolute atomic E-state index is 0.306. The smallest absolute Gasteiger partial charge is 0.121 e. The largest absolute Gasteiger partial charge is 0.507 e. The van der Waals surface area contributed by atoms with E-state index in [0.29, 0.717) is 5.75 Å². The number of aromatic hydroxyl groups is 1. The molecule has 0 spiro atoms. The topological polar surface area (TPSA) is 54.2 Å². The van der Waals surface area contributed by atoms with E-state index in [9.17, 15) is 5.11 Å². The van der Waals surface area contributed by atoms with Gasteiger partial charge in [-0.1, -0.05) is 6.07 Å². The number of hydrogen-bond donors (Lipinski definition) is 1. The molecule has 2 aromatic rings. The average molecular weight is 256 g/mol. The van der Waals surface area contributed by atoms with Gasteiger partial charge >= 0.3 is 0 Å². The Labute approximate surface area is 112 Å². The van der Waals surface area contributed by atoms with Crippen molar-refractivity contribution in [1.29, 1.82) is 0 Å². The summed E-state index contributed by atoms with van der Waals surface area (Å²) in [6.07, 6.45) is 0. The molecule has 19 heavy (non-hydrogen) atoms. The first-order valence-electron chi connectivity index (χ1n) is 5.96. The highest BCUT2D eigenvalue weighted by atomic mass is 16.5. The molecule has 4 nitrogen and oxygen atoms in total. The monoisotopic (exact) mass is 256 g/mol. The third kappa shape index (κ3) is 3.10. The third-order valence-electron chi connectivity index (χ3n) is 2.81. The molecule has 0 radical (unpaired) electrons. The van der Waals surface area contributed by atoms with Crippen molar-refractivity contribution in [2.75, 3.05) is 7.11 Å². The zero-order chi connectivity index (χ0) is 13.8. The van der Waals surface area contributed by atoms with Crippen molar-refractivity contribution in [2.24, 2.45) is 10.2 Å². The van der Waals surface area contributed by atoms with Crippen LogP contribution < -0.4 is 4.74 Å². The van der Waals surface area contributed by atoms with Crippen molar-refractivity contribution in [3.63, 3.8) is 0 Å². The maximum absolute atomic E-state index is 9.70. The number of methoxy groups -OCH3 is 1. The highest BCUT2D eigenvalue weighted by molar-refractivity contribution is 5.51. The Balaban J connectivity index is 2.27. The van der Waals surface area contributed by atoms with Crippen LogP contribution in [0.15, 0.2) is 46.6 Å². The highest BCUT2D eigenvalue weighted by Crippen LogP contribution is 2.28. The quantitative estimate of drug-likeness (QED) is 0.826. The Bertz CT molecular complexity index is 598. The number of rotatable bonds is 3. The number of azo groups is 1. The molecule has 0 aliphatic carbocycles. The van der Waals surface area contributed by atoms with Gasteiger partial charge in [-0.15, -0.1) is 0 Å². The number of aryl methyl sites for hydroxylation is 2. The molecule has 0 aliphatic rings. The summed E-state index contributed by atoms with van der Waals surface area (Å²) in [6.45, 7) is 3.68. The van der Waals surface area contributed by atoms with Crippen LogP contribution in [0.2, 0.25) is 0 Å². The van der Waals surface area contributed by atoms with Gasteiger partial charge in [-0.05, 0) is 49.2 Å². The molecule has 0 bridgehead atoms. The second-order valence-electron chi connectivity index (χ2n) is 4.33. The van der Waals surface area contributed by atoms with E-state index in [0.717, 1.165) is 28.3 Å². The van der Waals surface area contributed by atoms with E-state index in [4.69, 9.17) is 4.74 Å². The van der Waals surface area contributed by atoms with Crippen LogP contribution in [-0.2, 0) is 0 Å². The molecule has 0 aromatic heterocycles. The van der Waals surface area contributed by atoms with Gasteiger partial charge in [0, 0.05) is 6.07 Å². The predicted octanol–water partition coefficient (Wildman–Crippen LogP) is 4.43. The Morgan fingerprint density at radius 1 is 0.947 bits per heavy atom. The third-order valence-corrected chi connectivity index (χ3v) is 2.81. The van der Waals surface area contributed by atoms with Crippen molar-refractivity contribution >= 4 is 11.4 Å². The van der Waals surface area contributed by atoms with Gasteiger partial charge in [0.05, 0.1) is 18.5 Å². The number of nitrogens with zero attached hydrogens (tertiary/aromatic N) is 2. The van der Waals surface area contributed by atoms with E-state index in [2.05, 4.69) is 10.2 Å². The summed E-state index contributed by atoms with van der Waals surface area (Å²) in [5.41, 5.74) is 3.03. The van der Waals surface area contributed by atoms with Crippen LogP contribution in [0.1, 0.15) is 11.1 Å². The molecule has 0 heterocycles. The fraction of sp³-hybridized carbons (Fsp3) is 0.200. The normalized spacial score (nSPS) is 10.9. The summed E-state index contributed by atoms with van der Waals surface area (Å²) >= 11 is 0. The number of ether oxygens (including phenoxy) is 1. The summed E-state index contributed by atoms with van der Waals surface area (Å²) in [5, 5.41) is 18.0. The number of phenols is 1. The molecule has 0 atom stereocenters. The molecule has 0 saturated carbocycles. The van der Waals surface area contributed by atoms with Crippen molar-refractivity contribution in [3.8, 4) is 11.5 Å². The van der Waals surface area contributed by atoms with Crippen LogP contribution in [0.5, 0.6) is 11.5 Å². The van der Waals surface area contributed by atoms with Crippen LogP contribution in [-0.4, -0.2) is 12.2 Å². The van der Waals surface area contributed by atoms with Gasteiger partial charge in [0.15, 0.2) is 0 Å². The van der Waals surface area contributed by atoms with E-state index in [-0.39, 0.29) is 0 Å². The molecule has 0 aliphatic heterocycles. The van der Waals surface area contributed by atoms with Gasteiger partial charge in [-0.25, -0.2) is 0 Å². The maximum Gasteiger partial charge on any atom is 0.121 e. The Morgan fingerprint density at radius 3 is 2.21 bits per heavy atom. The summed E-state index contributed by atoms with van der Waals surface area (Å²) in [4.78, 5) is 0. The second kappa shape index (κ2) is 5.52. The van der Waals surface area contributed by atoms with Gasteiger partial charge in [-0.3, -0.25) is 0 Å². The molecule has 1 N–H and O–H groups in total. The highest BCUT2D eigenvalue weighted by Gasteiger charge is 2.02. The summed E-state index contributed by atoms with van der Waals surface area (Å²) in [7, 11) is 1.61. The van der Waals surface area contributed by atoms with Gasteiger partial charge in [-0.2, -0.15) is 10.2 Å². The van der Waals surface area contributed by atoms with Gasteiger partial charge in [0.1, 0.15) is 11.5 Å². The SMILES string of the molecule is COc1cccc(N=Nc2cc(C)c(O)c(C)c2)c1. The van der Waals surface area contributed by atoms with Crippen LogP contribution in [0.4, 0.5) is 11.4 Å². The van der Waals surface area contributed by atoms with Gasteiger partial charge in [0.25, 0.3) is 0 Å². The lowest BCUT2D eigenvalue weighted by atomic mass is 10.1. The zero-order valence-electron chi connectivity index (χ0n) is 11.2. The van der Waals surface area contributed by atoms with Crippen molar-refractivity contribution in [1.82, 2.24) is 0 Å². The molecule has 0 fully saturated rings. The van der Waals surface area contributed by atoms with E-state index >= 15 is 0 Å². The molecule has 2 aromatic carbocycles. The lowest BCUT2D eigenvalue weighted by molar-refractivity contribution is 0.415. The first-order valence-corrected chi connectivity index (χ1v) is 5.96. The lowest BCUT2D eigenvalue weighted by Gasteiger charge is -2.03. The Kier molecular flexibility index (Phi) is 3.80. The Hall–Kier alpha value is -2.36. The van der Waals surface area contributed by atoms with Crippen LogP contribution in [0.25, 0.3) is 0 Å². The number of phenolic OH excluding ortho intramolecular Hbond substituents is 1. The molecule has 0 amide bonds. The van der Waals surface area contributed by atoms with Crippen molar-refractivity contribution in [2.45, 2.75) is 13.8 Å². The molecular formula is C15H16N2O2. The lowest BCUT2D eigenvalue weighted by Crippen LogP contribution is -1.80. The Morgan fingerprint density at radius 2 is 1.58 bits per heavy atom. The maximum atomic E-state index is 9.70.